The zero-order valence-electron chi connectivity index (χ0n) is 13.9. The van der Waals surface area contributed by atoms with Gasteiger partial charge >= 0.3 is 11.7 Å². The Kier molecular flexibility index (Phi) is 5.24. The molecule has 1 aliphatic heterocycles. The van der Waals surface area contributed by atoms with Crippen LogP contribution in [0.25, 0.3) is 0 Å². The molecule has 9 nitrogen and oxygen atoms in total. The maximum Gasteiger partial charge on any atom is 0.332 e. The summed E-state index contributed by atoms with van der Waals surface area (Å²) in [7, 11) is 2.79. The van der Waals surface area contributed by atoms with Gasteiger partial charge in [0, 0.05) is 20.1 Å². The minimum absolute atomic E-state index is 0.00398. The van der Waals surface area contributed by atoms with Gasteiger partial charge in [-0.05, 0) is 24.9 Å². The van der Waals surface area contributed by atoms with Crippen molar-refractivity contribution in [2.24, 2.45) is 0 Å². The molecular weight excluding hydrogens is 340 g/mol. The molecule has 1 aromatic rings. The number of aromatic nitrogens is 2. The Hall–Kier alpha value is -2.00. The molecule has 0 bridgehead atoms. The number of carbonyl (C=O) groups is 1. The molecule has 24 heavy (non-hydrogen) atoms. The molecule has 2 heterocycles. The molecule has 0 aliphatic carbocycles. The Morgan fingerprint density at radius 3 is 2.67 bits per heavy atom. The van der Waals surface area contributed by atoms with Gasteiger partial charge in [0.05, 0.1) is 18.1 Å². The van der Waals surface area contributed by atoms with Gasteiger partial charge in [-0.25, -0.2) is 9.78 Å². The monoisotopic (exact) mass is 358 g/mol. The van der Waals surface area contributed by atoms with Crippen molar-refractivity contribution >= 4 is 29.1 Å². The summed E-state index contributed by atoms with van der Waals surface area (Å²) in [5, 5.41) is 11.5. The van der Waals surface area contributed by atoms with Crippen molar-refractivity contribution in [1.29, 1.82) is 0 Å². The van der Waals surface area contributed by atoms with Gasteiger partial charge in [0.25, 0.3) is 0 Å². The van der Waals surface area contributed by atoms with E-state index in [0.29, 0.717) is 12.8 Å². The Bertz CT molecular complexity index is 671. The summed E-state index contributed by atoms with van der Waals surface area (Å²) in [5.74, 6) is -0.520. The highest BCUT2D eigenvalue weighted by atomic mass is 35.5. The van der Waals surface area contributed by atoms with Crippen molar-refractivity contribution in [1.82, 2.24) is 9.97 Å². The summed E-state index contributed by atoms with van der Waals surface area (Å²) < 4.78 is 10.2. The first-order valence-electron chi connectivity index (χ1n) is 7.38. The predicted octanol–water partition coefficient (Wildman–Crippen LogP) is 1.76. The number of halogens is 1. The number of nitrogens with zero attached hydrogens (tertiary/aromatic N) is 4. The lowest BCUT2D eigenvalue weighted by atomic mass is 9.98. The molecule has 0 amide bonds. The van der Waals surface area contributed by atoms with E-state index in [0.717, 1.165) is 0 Å². The first-order valence-corrected chi connectivity index (χ1v) is 7.75. The summed E-state index contributed by atoms with van der Waals surface area (Å²) >= 11 is 5.94. The predicted molar refractivity (Wildman–Crippen MR) is 86.3 cm³/mol. The first-order chi connectivity index (χ1) is 11.3. The molecular formula is C14H19ClN4O5. The number of carbonyl (C=O) groups excluding carboxylic acids is 1. The van der Waals surface area contributed by atoms with Gasteiger partial charge in [-0.2, -0.15) is 4.98 Å². The second-order valence-corrected chi connectivity index (χ2v) is 6.00. The summed E-state index contributed by atoms with van der Waals surface area (Å²) in [6.07, 6.45) is 0.325. The van der Waals surface area contributed by atoms with E-state index in [1.54, 1.807) is 13.8 Å². The SMILES string of the molecule is CCc1nc(Cl)nc(N2C[C@H](OC)C[C@]2(C)C(=O)OC)c1[N+](=O)[O-]. The van der Waals surface area contributed by atoms with Gasteiger partial charge in [-0.15, -0.1) is 0 Å². The highest BCUT2D eigenvalue weighted by Gasteiger charge is 2.51. The summed E-state index contributed by atoms with van der Waals surface area (Å²) in [5.41, 5.74) is -1.19. The molecule has 0 aromatic carbocycles. The number of hydrogen-bond acceptors (Lipinski definition) is 8. The van der Waals surface area contributed by atoms with E-state index in [9.17, 15) is 14.9 Å². The van der Waals surface area contributed by atoms with Crippen LogP contribution in [-0.4, -0.2) is 53.3 Å². The fourth-order valence-corrected chi connectivity index (χ4v) is 3.18. The largest absolute Gasteiger partial charge is 0.467 e. The fourth-order valence-electron chi connectivity index (χ4n) is 3.00. The van der Waals surface area contributed by atoms with Crippen molar-refractivity contribution < 1.29 is 19.2 Å². The van der Waals surface area contributed by atoms with Crippen LogP contribution in [0.5, 0.6) is 0 Å². The van der Waals surface area contributed by atoms with Crippen molar-refractivity contribution in [3.05, 3.63) is 21.1 Å². The average molecular weight is 359 g/mol. The Labute approximate surface area is 144 Å². The number of ether oxygens (including phenoxy) is 2. The van der Waals surface area contributed by atoms with E-state index >= 15 is 0 Å². The number of aryl methyl sites for hydroxylation is 1. The Morgan fingerprint density at radius 1 is 1.50 bits per heavy atom. The van der Waals surface area contributed by atoms with Crippen LogP contribution in [0.1, 0.15) is 26.0 Å². The lowest BCUT2D eigenvalue weighted by Gasteiger charge is -2.32. The van der Waals surface area contributed by atoms with Crippen LogP contribution < -0.4 is 4.90 Å². The minimum atomic E-state index is -1.15. The van der Waals surface area contributed by atoms with Gasteiger partial charge in [-0.1, -0.05) is 6.92 Å². The van der Waals surface area contributed by atoms with Gasteiger partial charge in [-0.3, -0.25) is 10.1 Å². The third-order valence-electron chi connectivity index (χ3n) is 4.25. The molecule has 0 unspecified atom stereocenters. The maximum absolute atomic E-state index is 12.3. The molecule has 1 fully saturated rings. The quantitative estimate of drug-likeness (QED) is 0.339. The summed E-state index contributed by atoms with van der Waals surface area (Å²) in [4.78, 5) is 32.9. The second-order valence-electron chi connectivity index (χ2n) is 5.66. The van der Waals surface area contributed by atoms with Crippen molar-refractivity contribution in [3.63, 3.8) is 0 Å². The number of hydrogen-bond donors (Lipinski definition) is 0. The lowest BCUT2D eigenvalue weighted by Crippen LogP contribution is -2.49. The van der Waals surface area contributed by atoms with Crippen LogP contribution in [-0.2, 0) is 20.7 Å². The molecule has 2 rings (SSSR count). The zero-order chi connectivity index (χ0) is 18.1. The van der Waals surface area contributed by atoms with E-state index in [4.69, 9.17) is 21.1 Å². The van der Waals surface area contributed by atoms with E-state index in [1.807, 2.05) is 0 Å². The van der Waals surface area contributed by atoms with Gasteiger partial charge in [0.1, 0.15) is 11.2 Å². The van der Waals surface area contributed by atoms with Crippen molar-refractivity contribution in [3.8, 4) is 0 Å². The molecule has 0 radical (unpaired) electrons. The first kappa shape index (κ1) is 18.3. The molecule has 0 spiro atoms. The highest BCUT2D eigenvalue weighted by Crippen LogP contribution is 2.40. The van der Waals surface area contributed by atoms with Crippen LogP contribution in [0, 0.1) is 10.1 Å². The number of methoxy groups -OCH3 is 2. The third kappa shape index (κ3) is 3.01. The molecule has 1 aliphatic rings. The highest BCUT2D eigenvalue weighted by molar-refractivity contribution is 6.28. The molecule has 1 saturated heterocycles. The second kappa shape index (κ2) is 6.86. The van der Waals surface area contributed by atoms with Gasteiger partial charge in [0.15, 0.2) is 0 Å². The molecule has 10 heteroatoms. The lowest BCUT2D eigenvalue weighted by molar-refractivity contribution is -0.385. The minimum Gasteiger partial charge on any atom is -0.467 e. The molecule has 132 valence electrons. The van der Waals surface area contributed by atoms with E-state index < -0.39 is 16.4 Å². The maximum atomic E-state index is 12.3. The van der Waals surface area contributed by atoms with Crippen LogP contribution in [0.2, 0.25) is 5.28 Å². The summed E-state index contributed by atoms with van der Waals surface area (Å²) in [6.45, 7) is 3.62. The van der Waals surface area contributed by atoms with E-state index in [2.05, 4.69) is 9.97 Å². The van der Waals surface area contributed by atoms with Gasteiger partial charge in [0.2, 0.25) is 11.1 Å². The normalized spacial score (nSPS) is 23.4. The average Bonchev–Trinajstić information content (AvgIpc) is 2.90. The molecule has 0 N–H and O–H groups in total. The van der Waals surface area contributed by atoms with Crippen LogP contribution in [0.4, 0.5) is 11.5 Å². The number of nitro groups is 1. The Balaban J connectivity index is 2.66. The molecule has 2 atom stereocenters. The van der Waals surface area contributed by atoms with Crippen molar-refractivity contribution in [2.45, 2.75) is 38.3 Å². The van der Waals surface area contributed by atoms with E-state index in [1.165, 1.54) is 19.1 Å². The van der Waals surface area contributed by atoms with E-state index in [-0.39, 0.29) is 35.1 Å². The topological polar surface area (TPSA) is 108 Å². The smallest absolute Gasteiger partial charge is 0.332 e. The molecule has 0 saturated carbocycles. The Morgan fingerprint density at radius 2 is 2.17 bits per heavy atom. The number of rotatable bonds is 5. The van der Waals surface area contributed by atoms with Crippen LogP contribution >= 0.6 is 11.6 Å². The van der Waals surface area contributed by atoms with Crippen molar-refractivity contribution in [2.75, 3.05) is 25.7 Å². The standard InChI is InChI=1S/C14H19ClN4O5/c1-5-9-10(19(21)22)11(17-13(15)16-9)18-7-8(23-3)6-14(18,2)12(20)24-4/h8H,5-7H2,1-4H3/t8-,14-/m1/s1. The number of anilines is 1. The summed E-state index contributed by atoms with van der Waals surface area (Å²) in [6, 6.07) is 0. The fraction of sp³-hybridized carbons (Fsp3) is 0.643. The third-order valence-corrected chi connectivity index (χ3v) is 4.42. The van der Waals surface area contributed by atoms with Crippen LogP contribution in [0.15, 0.2) is 0 Å². The van der Waals surface area contributed by atoms with Gasteiger partial charge < -0.3 is 14.4 Å². The van der Waals surface area contributed by atoms with Crippen LogP contribution in [0.3, 0.4) is 0 Å². The zero-order valence-corrected chi connectivity index (χ0v) is 14.7. The number of esters is 1. The molecule has 1 aromatic heterocycles.